The van der Waals surface area contributed by atoms with Gasteiger partial charge < -0.3 is 0 Å². The van der Waals surface area contributed by atoms with Crippen molar-refractivity contribution < 1.29 is 17.2 Å². The van der Waals surface area contributed by atoms with E-state index in [1.54, 1.807) is 23.9 Å². The summed E-state index contributed by atoms with van der Waals surface area (Å²) in [6.45, 7) is 1.75. The molecule has 0 atom stereocenters. The van der Waals surface area contributed by atoms with E-state index in [-0.39, 0.29) is 5.82 Å². The normalized spacial score (nSPS) is 11.5. The van der Waals surface area contributed by atoms with Crippen LogP contribution in [0, 0.1) is 18.6 Å². The number of hydrogen-bond acceptors (Lipinski definition) is 5. The number of aromatic nitrogens is 4. The van der Waals surface area contributed by atoms with Crippen LogP contribution in [0.25, 0.3) is 5.82 Å². The Kier molecular flexibility index (Phi) is 3.97. The van der Waals surface area contributed by atoms with Gasteiger partial charge >= 0.3 is 0 Å². The fourth-order valence-corrected chi connectivity index (χ4v) is 3.08. The quantitative estimate of drug-likeness (QED) is 0.777. The highest BCUT2D eigenvalue weighted by atomic mass is 32.2. The van der Waals surface area contributed by atoms with Crippen LogP contribution >= 0.6 is 0 Å². The summed E-state index contributed by atoms with van der Waals surface area (Å²) in [4.78, 5) is 11.3. The van der Waals surface area contributed by atoms with E-state index < -0.39 is 26.6 Å². The number of imidazole rings is 1. The number of nitrogens with one attached hydrogen (secondary N) is 1. The smallest absolute Gasteiger partial charge is 0.263 e. The van der Waals surface area contributed by atoms with Gasteiger partial charge in [0, 0.05) is 24.5 Å². The molecule has 0 saturated carbocycles. The first kappa shape index (κ1) is 16.0. The van der Waals surface area contributed by atoms with E-state index in [4.69, 9.17) is 0 Å². The minimum atomic E-state index is -4.20. The van der Waals surface area contributed by atoms with E-state index in [0.29, 0.717) is 29.8 Å². The summed E-state index contributed by atoms with van der Waals surface area (Å²) in [5.41, 5.74) is 0. The summed E-state index contributed by atoms with van der Waals surface area (Å²) in [5, 5.41) is 0. The molecule has 1 N–H and O–H groups in total. The lowest BCUT2D eigenvalue weighted by molar-refractivity contribution is 0.568. The first-order valence-corrected chi connectivity index (χ1v) is 8.15. The third-order valence-corrected chi connectivity index (χ3v) is 4.44. The van der Waals surface area contributed by atoms with Crippen LogP contribution < -0.4 is 4.72 Å². The van der Waals surface area contributed by atoms with Crippen molar-refractivity contribution in [2.24, 2.45) is 0 Å². The first-order valence-electron chi connectivity index (χ1n) is 6.66. The maximum absolute atomic E-state index is 13.2. The molecule has 1 aromatic carbocycles. The predicted octanol–water partition coefficient (Wildman–Crippen LogP) is 2.05. The summed E-state index contributed by atoms with van der Waals surface area (Å²) >= 11 is 0. The first-order chi connectivity index (χ1) is 11.3. The van der Waals surface area contributed by atoms with Gasteiger partial charge in [-0.1, -0.05) is 0 Å². The highest BCUT2D eigenvalue weighted by Gasteiger charge is 2.18. The Morgan fingerprint density at radius 1 is 1.04 bits per heavy atom. The van der Waals surface area contributed by atoms with Crippen molar-refractivity contribution in [3.63, 3.8) is 0 Å². The average molecular weight is 351 g/mol. The molecule has 0 fully saturated rings. The maximum Gasteiger partial charge on any atom is 0.263 e. The molecule has 0 amide bonds. The molecule has 124 valence electrons. The van der Waals surface area contributed by atoms with Crippen molar-refractivity contribution in [1.29, 1.82) is 0 Å². The molecule has 2 aromatic heterocycles. The number of nitrogens with zero attached hydrogens (tertiary/aromatic N) is 4. The second kappa shape index (κ2) is 5.96. The largest absolute Gasteiger partial charge is 0.288 e. The zero-order valence-electron chi connectivity index (χ0n) is 12.3. The summed E-state index contributed by atoms with van der Waals surface area (Å²) in [5.74, 6) is -0.990. The molecule has 0 aliphatic carbocycles. The summed E-state index contributed by atoms with van der Waals surface area (Å²) < 4.78 is 54.7. The second-order valence-corrected chi connectivity index (χ2v) is 6.50. The molecule has 10 heteroatoms. The predicted molar refractivity (Wildman–Crippen MR) is 81.1 cm³/mol. The Bertz CT molecular complexity index is 984. The van der Waals surface area contributed by atoms with Crippen LogP contribution in [0.3, 0.4) is 0 Å². The van der Waals surface area contributed by atoms with E-state index in [2.05, 4.69) is 19.7 Å². The molecular formula is C14H11F2N5O2S. The Hall–Kier alpha value is -2.88. The third kappa shape index (κ3) is 3.23. The third-order valence-electron chi connectivity index (χ3n) is 3.11. The molecule has 3 aromatic rings. The topological polar surface area (TPSA) is 89.8 Å². The lowest BCUT2D eigenvalue weighted by Crippen LogP contribution is -2.15. The van der Waals surface area contributed by atoms with Gasteiger partial charge in [0.2, 0.25) is 0 Å². The fraction of sp³-hybridized carbons (Fsp3) is 0.0714. The molecule has 2 heterocycles. The highest BCUT2D eigenvalue weighted by molar-refractivity contribution is 7.92. The number of anilines is 1. The molecule has 7 nitrogen and oxygen atoms in total. The van der Waals surface area contributed by atoms with Gasteiger partial charge in [-0.05, 0) is 19.1 Å². The van der Waals surface area contributed by atoms with Crippen LogP contribution in [0.5, 0.6) is 0 Å². The lowest BCUT2D eigenvalue weighted by Gasteiger charge is -2.09. The van der Waals surface area contributed by atoms with Crippen LogP contribution in [0.15, 0.2) is 47.9 Å². The fourth-order valence-electron chi connectivity index (χ4n) is 2.03. The number of sulfonamides is 1. The zero-order chi connectivity index (χ0) is 17.3. The van der Waals surface area contributed by atoms with Gasteiger partial charge in [0.1, 0.15) is 35.4 Å². The number of rotatable bonds is 4. The summed E-state index contributed by atoms with van der Waals surface area (Å²) in [6, 6.07) is 3.40. The van der Waals surface area contributed by atoms with Gasteiger partial charge in [-0.2, -0.15) is 0 Å². The van der Waals surface area contributed by atoms with Gasteiger partial charge in [0.05, 0.1) is 4.90 Å². The zero-order valence-corrected chi connectivity index (χ0v) is 13.1. The van der Waals surface area contributed by atoms with Gasteiger partial charge in [-0.15, -0.1) is 0 Å². The molecule has 0 bridgehead atoms. The standard InChI is InChI=1S/C14H11F2N5O2S/c1-9-17-2-3-21(9)14-7-13(18-8-19-14)20-24(22,23)12-5-10(15)4-11(16)6-12/h2-8H,1H3,(H,18,19,20). The molecule has 0 spiro atoms. The Morgan fingerprint density at radius 2 is 1.75 bits per heavy atom. The van der Waals surface area contributed by atoms with Crippen LogP contribution in [0.2, 0.25) is 0 Å². The molecule has 0 radical (unpaired) electrons. The molecular weight excluding hydrogens is 340 g/mol. The van der Waals surface area contributed by atoms with E-state index in [1.807, 2.05) is 0 Å². The minimum absolute atomic E-state index is 0.0437. The van der Waals surface area contributed by atoms with E-state index in [9.17, 15) is 17.2 Å². The summed E-state index contributed by atoms with van der Waals surface area (Å²) in [7, 11) is -4.20. The molecule has 3 rings (SSSR count). The van der Waals surface area contributed by atoms with Crippen LogP contribution in [-0.4, -0.2) is 27.9 Å². The van der Waals surface area contributed by atoms with Gasteiger partial charge in [-0.3, -0.25) is 9.29 Å². The van der Waals surface area contributed by atoms with E-state index in [1.165, 1.54) is 12.4 Å². The van der Waals surface area contributed by atoms with Crippen molar-refractivity contribution in [2.45, 2.75) is 11.8 Å². The second-order valence-electron chi connectivity index (χ2n) is 4.82. The Morgan fingerprint density at radius 3 is 2.38 bits per heavy atom. The number of benzene rings is 1. The number of hydrogen-bond donors (Lipinski definition) is 1. The molecule has 24 heavy (non-hydrogen) atoms. The Balaban J connectivity index is 1.95. The molecule has 0 unspecified atom stereocenters. The minimum Gasteiger partial charge on any atom is -0.288 e. The maximum atomic E-state index is 13.2. The van der Waals surface area contributed by atoms with Crippen LogP contribution in [-0.2, 0) is 10.0 Å². The lowest BCUT2D eigenvalue weighted by atomic mass is 10.3. The monoisotopic (exact) mass is 351 g/mol. The van der Waals surface area contributed by atoms with Gasteiger partial charge in [0.25, 0.3) is 10.0 Å². The van der Waals surface area contributed by atoms with Crippen molar-refractivity contribution in [1.82, 2.24) is 19.5 Å². The molecule has 0 aliphatic heterocycles. The van der Waals surface area contributed by atoms with Crippen molar-refractivity contribution in [2.75, 3.05) is 4.72 Å². The highest BCUT2D eigenvalue weighted by Crippen LogP contribution is 2.18. The van der Waals surface area contributed by atoms with Gasteiger partial charge in [0.15, 0.2) is 0 Å². The van der Waals surface area contributed by atoms with Crippen LogP contribution in [0.4, 0.5) is 14.6 Å². The summed E-state index contributed by atoms with van der Waals surface area (Å²) in [6.07, 6.45) is 4.38. The molecule has 0 aliphatic rings. The van der Waals surface area contributed by atoms with Crippen molar-refractivity contribution in [3.8, 4) is 5.82 Å². The van der Waals surface area contributed by atoms with Gasteiger partial charge in [-0.25, -0.2) is 32.2 Å². The average Bonchev–Trinajstić information content (AvgIpc) is 2.92. The number of halogens is 2. The van der Waals surface area contributed by atoms with Crippen LogP contribution in [0.1, 0.15) is 5.82 Å². The SMILES string of the molecule is Cc1nccn1-c1cc(NS(=O)(=O)c2cc(F)cc(F)c2)ncn1. The van der Waals surface area contributed by atoms with Crippen molar-refractivity contribution >= 4 is 15.8 Å². The number of aryl methyl sites for hydroxylation is 1. The Labute approximate surface area is 136 Å². The van der Waals surface area contributed by atoms with Crippen molar-refractivity contribution in [3.05, 3.63) is 60.4 Å². The van der Waals surface area contributed by atoms with E-state index >= 15 is 0 Å². The van der Waals surface area contributed by atoms with E-state index in [0.717, 1.165) is 0 Å². The molecule has 0 saturated heterocycles.